The van der Waals surface area contributed by atoms with E-state index in [1.807, 2.05) is 31.2 Å². The Hall–Kier alpha value is -2.41. The maximum Gasteiger partial charge on any atom is 0.417 e. The first-order valence-electron chi connectivity index (χ1n) is 6.48. The molecule has 0 aliphatic rings. The number of amides is 1. The second kappa shape index (κ2) is 6.57. The third-order valence-electron chi connectivity index (χ3n) is 2.99. The van der Waals surface area contributed by atoms with Gasteiger partial charge in [-0.25, -0.2) is 5.43 Å². The zero-order valence-electron chi connectivity index (χ0n) is 11.7. The van der Waals surface area contributed by atoms with Gasteiger partial charge in [-0.15, -0.1) is 0 Å². The molecule has 0 saturated carbocycles. The van der Waals surface area contributed by atoms with Crippen molar-refractivity contribution in [3.8, 4) is 0 Å². The lowest BCUT2D eigenvalue weighted by Gasteiger charge is -2.12. The number of pyridine rings is 1. The van der Waals surface area contributed by atoms with Crippen molar-refractivity contribution in [1.29, 1.82) is 0 Å². The second-order valence-corrected chi connectivity index (χ2v) is 4.71. The molecule has 116 valence electrons. The fourth-order valence-corrected chi connectivity index (χ4v) is 1.82. The first-order chi connectivity index (χ1) is 10.4. The van der Waals surface area contributed by atoms with E-state index in [4.69, 9.17) is 0 Å². The number of nitrogens with one attached hydrogen (secondary N) is 2. The Morgan fingerprint density at radius 2 is 1.86 bits per heavy atom. The Bertz CT molecular complexity index is 654. The molecule has 2 aromatic rings. The van der Waals surface area contributed by atoms with Gasteiger partial charge in [0.05, 0.1) is 11.1 Å². The molecule has 2 N–H and O–H groups in total. The lowest BCUT2D eigenvalue weighted by atomic mass is 10.1. The van der Waals surface area contributed by atoms with E-state index in [0.29, 0.717) is 6.54 Å². The van der Waals surface area contributed by atoms with E-state index in [2.05, 4.69) is 15.8 Å². The number of alkyl halides is 3. The van der Waals surface area contributed by atoms with Gasteiger partial charge in [0.25, 0.3) is 5.91 Å². The standard InChI is InChI=1S/C15H14F3N3O/c1-10-2-4-11(5-3-10)8-20-21-14(22)12-9-19-7-6-13(12)15(16,17)18/h2-7,9,20H,8H2,1H3,(H,21,22). The van der Waals surface area contributed by atoms with Crippen molar-refractivity contribution in [2.45, 2.75) is 19.6 Å². The number of halogens is 3. The molecule has 0 spiro atoms. The third-order valence-corrected chi connectivity index (χ3v) is 2.99. The van der Waals surface area contributed by atoms with E-state index in [1.165, 1.54) is 0 Å². The van der Waals surface area contributed by atoms with Gasteiger partial charge >= 0.3 is 6.18 Å². The minimum Gasteiger partial charge on any atom is -0.287 e. The average Bonchev–Trinajstić information content (AvgIpc) is 2.48. The molecule has 0 atom stereocenters. The molecule has 0 aliphatic heterocycles. The maximum absolute atomic E-state index is 12.8. The highest BCUT2D eigenvalue weighted by atomic mass is 19.4. The average molecular weight is 309 g/mol. The van der Waals surface area contributed by atoms with Gasteiger partial charge in [0.1, 0.15) is 0 Å². The molecule has 1 amide bonds. The molecule has 0 radical (unpaired) electrons. The van der Waals surface area contributed by atoms with Gasteiger partial charge in [-0.3, -0.25) is 15.2 Å². The third kappa shape index (κ3) is 4.05. The van der Waals surface area contributed by atoms with Gasteiger partial charge in [0.2, 0.25) is 0 Å². The van der Waals surface area contributed by atoms with Crippen LogP contribution in [0, 0.1) is 6.92 Å². The summed E-state index contributed by atoms with van der Waals surface area (Å²) in [7, 11) is 0. The number of hydrogen-bond donors (Lipinski definition) is 2. The van der Waals surface area contributed by atoms with E-state index in [0.717, 1.165) is 29.6 Å². The summed E-state index contributed by atoms with van der Waals surface area (Å²) >= 11 is 0. The summed E-state index contributed by atoms with van der Waals surface area (Å²) in [6, 6.07) is 8.30. The first kappa shape index (κ1) is 16.0. The van der Waals surface area contributed by atoms with Crippen molar-refractivity contribution in [2.75, 3.05) is 0 Å². The monoisotopic (exact) mass is 309 g/mol. The highest BCUT2D eigenvalue weighted by Crippen LogP contribution is 2.31. The van der Waals surface area contributed by atoms with Crippen molar-refractivity contribution in [2.24, 2.45) is 0 Å². The topological polar surface area (TPSA) is 54.0 Å². The lowest BCUT2D eigenvalue weighted by Crippen LogP contribution is -2.37. The summed E-state index contributed by atoms with van der Waals surface area (Å²) in [6.45, 7) is 2.24. The molecule has 4 nitrogen and oxygen atoms in total. The number of rotatable bonds is 4. The van der Waals surface area contributed by atoms with Crippen molar-refractivity contribution >= 4 is 5.91 Å². The van der Waals surface area contributed by atoms with Crippen molar-refractivity contribution in [1.82, 2.24) is 15.8 Å². The highest BCUT2D eigenvalue weighted by molar-refractivity contribution is 5.95. The van der Waals surface area contributed by atoms with Crippen LogP contribution in [0.3, 0.4) is 0 Å². The molecule has 0 unspecified atom stereocenters. The Morgan fingerprint density at radius 1 is 1.18 bits per heavy atom. The fraction of sp³-hybridized carbons (Fsp3) is 0.200. The molecule has 0 bridgehead atoms. The Kier molecular flexibility index (Phi) is 4.77. The number of hydrogen-bond acceptors (Lipinski definition) is 3. The molecule has 0 aliphatic carbocycles. The van der Waals surface area contributed by atoms with Crippen LogP contribution in [0.15, 0.2) is 42.7 Å². The Labute approximate surface area is 125 Å². The van der Waals surface area contributed by atoms with Gasteiger partial charge in [-0.1, -0.05) is 29.8 Å². The van der Waals surface area contributed by atoms with Gasteiger partial charge in [0, 0.05) is 18.9 Å². The molecule has 1 heterocycles. The number of benzene rings is 1. The molecule has 22 heavy (non-hydrogen) atoms. The van der Waals surface area contributed by atoms with Gasteiger partial charge < -0.3 is 0 Å². The second-order valence-electron chi connectivity index (χ2n) is 4.71. The summed E-state index contributed by atoms with van der Waals surface area (Å²) in [5.41, 5.74) is 5.30. The van der Waals surface area contributed by atoms with E-state index < -0.39 is 23.2 Å². The molecule has 2 rings (SSSR count). The molecule has 0 fully saturated rings. The zero-order chi connectivity index (χ0) is 16.2. The molecule has 7 heteroatoms. The summed E-state index contributed by atoms with van der Waals surface area (Å²) in [6.07, 6.45) is -2.71. The molecular weight excluding hydrogens is 295 g/mol. The Morgan fingerprint density at radius 3 is 2.50 bits per heavy atom. The predicted octanol–water partition coefficient (Wildman–Crippen LogP) is 2.84. The van der Waals surface area contributed by atoms with Crippen LogP contribution in [0.5, 0.6) is 0 Å². The number of hydrazine groups is 1. The van der Waals surface area contributed by atoms with Crippen molar-refractivity contribution in [3.63, 3.8) is 0 Å². The largest absolute Gasteiger partial charge is 0.417 e. The number of carbonyl (C=O) groups excluding carboxylic acids is 1. The molecule has 1 aromatic heterocycles. The van der Waals surface area contributed by atoms with E-state index in [-0.39, 0.29) is 0 Å². The van der Waals surface area contributed by atoms with E-state index >= 15 is 0 Å². The minimum absolute atomic E-state index is 0.299. The normalized spacial score (nSPS) is 11.3. The van der Waals surface area contributed by atoms with Crippen LogP contribution in [-0.4, -0.2) is 10.9 Å². The SMILES string of the molecule is Cc1ccc(CNNC(=O)c2cnccc2C(F)(F)F)cc1. The molecule has 1 aromatic carbocycles. The zero-order valence-corrected chi connectivity index (χ0v) is 11.7. The molecular formula is C15H14F3N3O. The highest BCUT2D eigenvalue weighted by Gasteiger charge is 2.35. The summed E-state index contributed by atoms with van der Waals surface area (Å²) < 4.78 is 38.4. The number of nitrogens with zero attached hydrogens (tertiary/aromatic N) is 1. The number of aryl methyl sites for hydroxylation is 1. The maximum atomic E-state index is 12.8. The van der Waals surface area contributed by atoms with Crippen LogP contribution in [0.1, 0.15) is 27.0 Å². The van der Waals surface area contributed by atoms with Crippen LogP contribution in [0.25, 0.3) is 0 Å². The van der Waals surface area contributed by atoms with E-state index in [9.17, 15) is 18.0 Å². The Balaban J connectivity index is 2.00. The first-order valence-corrected chi connectivity index (χ1v) is 6.48. The predicted molar refractivity (Wildman–Crippen MR) is 74.7 cm³/mol. The van der Waals surface area contributed by atoms with Crippen molar-refractivity contribution < 1.29 is 18.0 Å². The van der Waals surface area contributed by atoms with Crippen LogP contribution in [0.2, 0.25) is 0 Å². The van der Waals surface area contributed by atoms with E-state index in [1.54, 1.807) is 0 Å². The summed E-state index contributed by atoms with van der Waals surface area (Å²) in [5.74, 6) is -0.882. The van der Waals surface area contributed by atoms with Crippen LogP contribution >= 0.6 is 0 Å². The van der Waals surface area contributed by atoms with Crippen molar-refractivity contribution in [3.05, 3.63) is 65.0 Å². The van der Waals surface area contributed by atoms with Gasteiger partial charge in [-0.2, -0.15) is 13.2 Å². The van der Waals surface area contributed by atoms with Crippen LogP contribution in [-0.2, 0) is 12.7 Å². The van der Waals surface area contributed by atoms with Crippen LogP contribution < -0.4 is 10.9 Å². The number of carbonyl (C=O) groups is 1. The van der Waals surface area contributed by atoms with Gasteiger partial charge in [0.15, 0.2) is 0 Å². The smallest absolute Gasteiger partial charge is 0.287 e. The summed E-state index contributed by atoms with van der Waals surface area (Å²) in [4.78, 5) is 15.4. The van der Waals surface area contributed by atoms with Gasteiger partial charge in [-0.05, 0) is 18.6 Å². The summed E-state index contributed by atoms with van der Waals surface area (Å²) in [5, 5.41) is 0. The lowest BCUT2D eigenvalue weighted by molar-refractivity contribution is -0.138. The number of aromatic nitrogens is 1. The minimum atomic E-state index is -4.60. The molecule has 0 saturated heterocycles. The fourth-order valence-electron chi connectivity index (χ4n) is 1.82. The quantitative estimate of drug-likeness (QED) is 0.854. The van der Waals surface area contributed by atoms with Crippen LogP contribution in [0.4, 0.5) is 13.2 Å².